The molecule has 0 saturated carbocycles. The summed E-state index contributed by atoms with van der Waals surface area (Å²) in [7, 11) is 0. The Bertz CT molecular complexity index is 339. The highest BCUT2D eigenvalue weighted by atomic mass is 16.2. The summed E-state index contributed by atoms with van der Waals surface area (Å²) in [5.41, 5.74) is 3.34. The highest BCUT2D eigenvalue weighted by Crippen LogP contribution is 2.22. The summed E-state index contributed by atoms with van der Waals surface area (Å²) in [6, 6.07) is 6.03. The summed E-state index contributed by atoms with van der Waals surface area (Å²) in [5.74, 6) is 0. The van der Waals surface area contributed by atoms with Gasteiger partial charge in [0.1, 0.15) is 0 Å². The zero-order chi connectivity index (χ0) is 12.0. The number of anilines is 1. The molecule has 1 aromatic rings. The predicted molar refractivity (Wildman–Crippen MR) is 67.9 cm³/mol. The number of aryl methyl sites for hydroxylation is 2. The molecule has 3 heteroatoms. The maximum absolute atomic E-state index is 11.5. The van der Waals surface area contributed by atoms with Crippen LogP contribution in [0, 0.1) is 0 Å². The topological polar surface area (TPSA) is 41.1 Å². The van der Waals surface area contributed by atoms with Gasteiger partial charge in [-0.2, -0.15) is 0 Å². The number of hydrogen-bond donors (Lipinski definition) is 2. The van der Waals surface area contributed by atoms with Crippen molar-refractivity contribution in [2.75, 3.05) is 11.9 Å². The minimum Gasteiger partial charge on any atom is -0.338 e. The van der Waals surface area contributed by atoms with Gasteiger partial charge in [-0.25, -0.2) is 4.79 Å². The molecule has 2 amide bonds. The molecule has 1 rings (SSSR count). The average Bonchev–Trinajstić information content (AvgIpc) is 2.29. The highest BCUT2D eigenvalue weighted by Gasteiger charge is 2.08. The van der Waals surface area contributed by atoms with E-state index in [4.69, 9.17) is 0 Å². The zero-order valence-electron chi connectivity index (χ0n) is 10.3. The van der Waals surface area contributed by atoms with Gasteiger partial charge in [-0.15, -0.1) is 0 Å². The van der Waals surface area contributed by atoms with E-state index in [-0.39, 0.29) is 6.03 Å². The second-order valence-corrected chi connectivity index (χ2v) is 3.64. The van der Waals surface area contributed by atoms with E-state index in [9.17, 15) is 4.79 Å². The lowest BCUT2D eigenvalue weighted by Gasteiger charge is -2.14. The lowest BCUT2D eigenvalue weighted by Crippen LogP contribution is -2.29. The SMILES string of the molecule is CCNC(=O)Nc1c(CC)cccc1CC. The van der Waals surface area contributed by atoms with Crippen molar-refractivity contribution < 1.29 is 4.79 Å². The predicted octanol–water partition coefficient (Wildman–Crippen LogP) is 2.95. The van der Waals surface area contributed by atoms with Gasteiger partial charge in [-0.05, 0) is 30.9 Å². The van der Waals surface area contributed by atoms with Crippen LogP contribution in [0.25, 0.3) is 0 Å². The number of para-hydroxylation sites is 1. The summed E-state index contributed by atoms with van der Waals surface area (Å²) < 4.78 is 0. The summed E-state index contributed by atoms with van der Waals surface area (Å²) in [6.45, 7) is 6.74. The number of nitrogens with one attached hydrogen (secondary N) is 2. The van der Waals surface area contributed by atoms with Crippen LogP contribution >= 0.6 is 0 Å². The number of hydrogen-bond acceptors (Lipinski definition) is 1. The highest BCUT2D eigenvalue weighted by molar-refractivity contribution is 5.91. The first kappa shape index (κ1) is 12.6. The Morgan fingerprint density at radius 2 is 1.69 bits per heavy atom. The number of rotatable bonds is 4. The normalized spacial score (nSPS) is 9.94. The van der Waals surface area contributed by atoms with Crippen molar-refractivity contribution in [3.8, 4) is 0 Å². The minimum atomic E-state index is -0.127. The molecule has 16 heavy (non-hydrogen) atoms. The lowest BCUT2D eigenvalue weighted by atomic mass is 10.0. The van der Waals surface area contributed by atoms with Crippen molar-refractivity contribution in [3.05, 3.63) is 29.3 Å². The average molecular weight is 220 g/mol. The van der Waals surface area contributed by atoms with Crippen molar-refractivity contribution >= 4 is 11.7 Å². The standard InChI is InChI=1S/C13H20N2O/c1-4-10-8-7-9-11(5-2)12(10)15-13(16)14-6-3/h7-9H,4-6H2,1-3H3,(H2,14,15,16). The van der Waals surface area contributed by atoms with Gasteiger partial charge in [0.05, 0.1) is 0 Å². The number of carbonyl (C=O) groups is 1. The molecular weight excluding hydrogens is 200 g/mol. The Morgan fingerprint density at radius 3 is 2.12 bits per heavy atom. The third-order valence-corrected chi connectivity index (χ3v) is 2.57. The Hall–Kier alpha value is -1.51. The van der Waals surface area contributed by atoms with E-state index in [1.165, 1.54) is 11.1 Å². The monoisotopic (exact) mass is 220 g/mol. The van der Waals surface area contributed by atoms with Crippen LogP contribution in [0.15, 0.2) is 18.2 Å². The molecule has 1 aromatic carbocycles. The third kappa shape index (κ3) is 2.99. The molecule has 0 saturated heterocycles. The van der Waals surface area contributed by atoms with Gasteiger partial charge in [-0.3, -0.25) is 0 Å². The Labute approximate surface area is 97.2 Å². The van der Waals surface area contributed by atoms with Crippen molar-refractivity contribution in [2.45, 2.75) is 33.6 Å². The van der Waals surface area contributed by atoms with E-state index >= 15 is 0 Å². The van der Waals surface area contributed by atoms with Crippen molar-refractivity contribution in [3.63, 3.8) is 0 Å². The minimum absolute atomic E-state index is 0.127. The zero-order valence-corrected chi connectivity index (χ0v) is 10.3. The van der Waals surface area contributed by atoms with E-state index in [1.807, 2.05) is 13.0 Å². The van der Waals surface area contributed by atoms with Gasteiger partial charge >= 0.3 is 6.03 Å². The van der Waals surface area contributed by atoms with Crippen molar-refractivity contribution in [1.82, 2.24) is 5.32 Å². The molecule has 88 valence electrons. The smallest absolute Gasteiger partial charge is 0.319 e. The molecule has 0 bridgehead atoms. The van der Waals surface area contributed by atoms with Crippen LogP contribution < -0.4 is 10.6 Å². The first-order chi connectivity index (χ1) is 7.72. The molecule has 0 aliphatic rings. The molecule has 0 radical (unpaired) electrons. The maximum atomic E-state index is 11.5. The van der Waals surface area contributed by atoms with Gasteiger partial charge in [0.15, 0.2) is 0 Å². The summed E-state index contributed by atoms with van der Waals surface area (Å²) >= 11 is 0. The van der Waals surface area contributed by atoms with Gasteiger partial charge in [-0.1, -0.05) is 32.0 Å². The number of carbonyl (C=O) groups excluding carboxylic acids is 1. The molecular formula is C13H20N2O. The van der Waals surface area contributed by atoms with Crippen molar-refractivity contribution in [2.24, 2.45) is 0 Å². The number of amides is 2. The van der Waals surface area contributed by atoms with Gasteiger partial charge in [0.25, 0.3) is 0 Å². The van der Waals surface area contributed by atoms with Crippen LogP contribution in [0.3, 0.4) is 0 Å². The molecule has 0 heterocycles. The molecule has 0 aliphatic heterocycles. The van der Waals surface area contributed by atoms with Gasteiger partial charge in [0, 0.05) is 12.2 Å². The molecule has 2 N–H and O–H groups in total. The first-order valence-electron chi connectivity index (χ1n) is 5.88. The molecule has 0 spiro atoms. The van der Waals surface area contributed by atoms with Crippen LogP contribution in [-0.4, -0.2) is 12.6 Å². The summed E-state index contributed by atoms with van der Waals surface area (Å²) in [5, 5.41) is 5.68. The van der Waals surface area contributed by atoms with Crippen LogP contribution in [0.5, 0.6) is 0 Å². The second kappa shape index (κ2) is 6.16. The van der Waals surface area contributed by atoms with Crippen LogP contribution in [0.1, 0.15) is 31.9 Å². The fourth-order valence-electron chi connectivity index (χ4n) is 1.72. The Kier molecular flexibility index (Phi) is 4.83. The van der Waals surface area contributed by atoms with E-state index < -0.39 is 0 Å². The maximum Gasteiger partial charge on any atom is 0.319 e. The van der Waals surface area contributed by atoms with Gasteiger partial charge < -0.3 is 10.6 Å². The third-order valence-electron chi connectivity index (χ3n) is 2.57. The van der Waals surface area contributed by atoms with E-state index in [0.29, 0.717) is 6.54 Å². The number of benzene rings is 1. The summed E-state index contributed by atoms with van der Waals surface area (Å²) in [4.78, 5) is 11.5. The Balaban J connectivity index is 2.95. The van der Waals surface area contributed by atoms with Crippen LogP contribution in [-0.2, 0) is 12.8 Å². The van der Waals surface area contributed by atoms with E-state index in [0.717, 1.165) is 18.5 Å². The van der Waals surface area contributed by atoms with Crippen molar-refractivity contribution in [1.29, 1.82) is 0 Å². The fourth-order valence-corrected chi connectivity index (χ4v) is 1.72. The molecule has 0 fully saturated rings. The van der Waals surface area contributed by atoms with E-state index in [1.54, 1.807) is 0 Å². The fraction of sp³-hybridized carbons (Fsp3) is 0.462. The van der Waals surface area contributed by atoms with E-state index in [2.05, 4.69) is 36.6 Å². The summed E-state index contributed by atoms with van der Waals surface area (Å²) in [6.07, 6.45) is 1.85. The molecule has 0 aliphatic carbocycles. The molecule has 0 unspecified atom stereocenters. The molecule has 0 atom stereocenters. The number of urea groups is 1. The van der Waals surface area contributed by atoms with Crippen LogP contribution in [0.2, 0.25) is 0 Å². The largest absolute Gasteiger partial charge is 0.338 e. The van der Waals surface area contributed by atoms with Gasteiger partial charge in [0.2, 0.25) is 0 Å². The Morgan fingerprint density at radius 1 is 1.12 bits per heavy atom. The first-order valence-corrected chi connectivity index (χ1v) is 5.88. The molecule has 0 aromatic heterocycles. The quantitative estimate of drug-likeness (QED) is 0.804. The second-order valence-electron chi connectivity index (χ2n) is 3.64. The molecule has 3 nitrogen and oxygen atoms in total. The lowest BCUT2D eigenvalue weighted by molar-refractivity contribution is 0.252. The van der Waals surface area contributed by atoms with Crippen LogP contribution in [0.4, 0.5) is 10.5 Å².